The summed E-state index contributed by atoms with van der Waals surface area (Å²) in [6.07, 6.45) is 2.48. The zero-order valence-corrected chi connectivity index (χ0v) is 13.9. The maximum atomic E-state index is 5.78. The van der Waals surface area contributed by atoms with Crippen LogP contribution < -0.4 is 5.32 Å². The number of nitrogens with zero attached hydrogens (tertiary/aromatic N) is 1. The first-order valence-corrected chi connectivity index (χ1v) is 7.72. The van der Waals surface area contributed by atoms with E-state index in [1.807, 2.05) is 0 Å². The predicted molar refractivity (Wildman–Crippen MR) is 82.6 cm³/mol. The average Bonchev–Trinajstić information content (AvgIpc) is 2.25. The van der Waals surface area contributed by atoms with Crippen molar-refractivity contribution >= 4 is 0 Å². The smallest absolute Gasteiger partial charge is 0.0546 e. The summed E-state index contributed by atoms with van der Waals surface area (Å²) >= 11 is 0. The van der Waals surface area contributed by atoms with Gasteiger partial charge in [-0.3, -0.25) is 0 Å². The van der Waals surface area contributed by atoms with Crippen LogP contribution in [0.25, 0.3) is 0 Å². The standard InChI is InChI=1S/C16H34N2O/c1-14(2)17-10-16(8-7-9-19-13-16)12-18(6)11-15(3,4)5/h14,17H,7-13H2,1-6H3. The quantitative estimate of drug-likeness (QED) is 0.803. The molecule has 0 aliphatic carbocycles. The molecule has 0 amide bonds. The van der Waals surface area contributed by atoms with E-state index in [-0.39, 0.29) is 0 Å². The summed E-state index contributed by atoms with van der Waals surface area (Å²) in [5, 5.41) is 3.62. The molecule has 0 saturated carbocycles. The zero-order chi connectivity index (χ0) is 14.5. The Morgan fingerprint density at radius 3 is 2.47 bits per heavy atom. The van der Waals surface area contributed by atoms with Gasteiger partial charge in [0.2, 0.25) is 0 Å². The van der Waals surface area contributed by atoms with Crippen molar-refractivity contribution in [1.29, 1.82) is 0 Å². The largest absolute Gasteiger partial charge is 0.381 e. The lowest BCUT2D eigenvalue weighted by atomic mass is 9.81. The van der Waals surface area contributed by atoms with Crippen LogP contribution in [0.4, 0.5) is 0 Å². The van der Waals surface area contributed by atoms with Crippen molar-refractivity contribution in [3.63, 3.8) is 0 Å². The molecule has 114 valence electrons. The lowest BCUT2D eigenvalue weighted by molar-refractivity contribution is -0.0268. The minimum absolute atomic E-state index is 0.294. The molecule has 1 N–H and O–H groups in total. The van der Waals surface area contributed by atoms with Crippen molar-refractivity contribution in [2.45, 2.75) is 53.5 Å². The molecule has 3 nitrogen and oxygen atoms in total. The van der Waals surface area contributed by atoms with Gasteiger partial charge in [-0.1, -0.05) is 34.6 Å². The molecule has 0 aromatic rings. The third-order valence-corrected chi connectivity index (χ3v) is 3.64. The van der Waals surface area contributed by atoms with Gasteiger partial charge in [0, 0.05) is 37.7 Å². The fraction of sp³-hybridized carbons (Fsp3) is 1.00. The Hall–Kier alpha value is -0.120. The molecule has 0 aromatic heterocycles. The second kappa shape index (κ2) is 7.05. The summed E-state index contributed by atoms with van der Waals surface area (Å²) in [6.45, 7) is 16.5. The van der Waals surface area contributed by atoms with Gasteiger partial charge in [-0.25, -0.2) is 0 Å². The molecule has 1 aliphatic rings. The van der Waals surface area contributed by atoms with Crippen molar-refractivity contribution in [3.8, 4) is 0 Å². The van der Waals surface area contributed by atoms with Crippen LogP contribution in [0.3, 0.4) is 0 Å². The Labute approximate surface area is 120 Å². The molecule has 1 heterocycles. The van der Waals surface area contributed by atoms with Gasteiger partial charge < -0.3 is 15.0 Å². The van der Waals surface area contributed by atoms with Crippen LogP contribution in [0.1, 0.15) is 47.5 Å². The minimum atomic E-state index is 0.294. The van der Waals surface area contributed by atoms with Crippen LogP contribution in [0.15, 0.2) is 0 Å². The molecule has 0 bridgehead atoms. The van der Waals surface area contributed by atoms with E-state index in [4.69, 9.17) is 4.74 Å². The SMILES string of the molecule is CC(C)NCC1(CN(C)CC(C)(C)C)CCCOC1. The van der Waals surface area contributed by atoms with Crippen LogP contribution in [0.2, 0.25) is 0 Å². The third kappa shape index (κ3) is 6.73. The average molecular weight is 270 g/mol. The number of nitrogens with one attached hydrogen (secondary N) is 1. The number of hydrogen-bond donors (Lipinski definition) is 1. The van der Waals surface area contributed by atoms with Crippen LogP contribution in [0.5, 0.6) is 0 Å². The second-order valence-electron chi connectivity index (χ2n) is 7.92. The van der Waals surface area contributed by atoms with Gasteiger partial charge in [0.15, 0.2) is 0 Å². The molecule has 0 radical (unpaired) electrons. The minimum Gasteiger partial charge on any atom is -0.381 e. The van der Waals surface area contributed by atoms with E-state index in [1.54, 1.807) is 0 Å². The highest BCUT2D eigenvalue weighted by Crippen LogP contribution is 2.30. The maximum Gasteiger partial charge on any atom is 0.0546 e. The summed E-state index contributed by atoms with van der Waals surface area (Å²) in [7, 11) is 2.25. The van der Waals surface area contributed by atoms with E-state index < -0.39 is 0 Å². The topological polar surface area (TPSA) is 24.5 Å². The summed E-state index contributed by atoms with van der Waals surface area (Å²) < 4.78 is 5.78. The molecule has 1 atom stereocenters. The Morgan fingerprint density at radius 1 is 1.32 bits per heavy atom. The molecule has 1 rings (SSSR count). The van der Waals surface area contributed by atoms with Crippen LogP contribution in [-0.2, 0) is 4.74 Å². The summed E-state index contributed by atoms with van der Waals surface area (Å²) in [4.78, 5) is 2.48. The molecule has 1 unspecified atom stereocenters. The van der Waals surface area contributed by atoms with E-state index in [0.717, 1.165) is 32.8 Å². The molecule has 19 heavy (non-hydrogen) atoms. The van der Waals surface area contributed by atoms with E-state index >= 15 is 0 Å². The second-order valence-corrected chi connectivity index (χ2v) is 7.92. The lowest BCUT2D eigenvalue weighted by Crippen LogP contribution is -2.50. The normalized spacial score (nSPS) is 25.3. The Balaban J connectivity index is 2.58. The van der Waals surface area contributed by atoms with Crippen LogP contribution in [0, 0.1) is 10.8 Å². The zero-order valence-electron chi connectivity index (χ0n) is 13.9. The van der Waals surface area contributed by atoms with E-state index in [9.17, 15) is 0 Å². The van der Waals surface area contributed by atoms with Crippen LogP contribution >= 0.6 is 0 Å². The molecule has 0 aromatic carbocycles. The summed E-state index contributed by atoms with van der Waals surface area (Å²) in [5.41, 5.74) is 0.652. The summed E-state index contributed by atoms with van der Waals surface area (Å²) in [6, 6.07) is 0.548. The van der Waals surface area contributed by atoms with E-state index in [2.05, 4.69) is 51.9 Å². The van der Waals surface area contributed by atoms with Gasteiger partial charge in [0.1, 0.15) is 0 Å². The van der Waals surface area contributed by atoms with Gasteiger partial charge in [-0.2, -0.15) is 0 Å². The first kappa shape index (κ1) is 16.9. The number of rotatable bonds is 6. The Morgan fingerprint density at radius 2 is 2.00 bits per heavy atom. The molecule has 0 spiro atoms. The van der Waals surface area contributed by atoms with Crippen molar-refractivity contribution in [2.24, 2.45) is 10.8 Å². The molecule has 1 aliphatic heterocycles. The van der Waals surface area contributed by atoms with Gasteiger partial charge in [-0.05, 0) is 25.3 Å². The highest BCUT2D eigenvalue weighted by molar-refractivity contribution is 4.88. The van der Waals surface area contributed by atoms with Crippen molar-refractivity contribution in [2.75, 3.05) is 39.9 Å². The maximum absolute atomic E-state index is 5.78. The highest BCUT2D eigenvalue weighted by Gasteiger charge is 2.34. The van der Waals surface area contributed by atoms with Gasteiger partial charge in [0.05, 0.1) is 6.61 Å². The molecule has 1 saturated heterocycles. The highest BCUT2D eigenvalue weighted by atomic mass is 16.5. The summed E-state index contributed by atoms with van der Waals surface area (Å²) in [5.74, 6) is 0. The van der Waals surface area contributed by atoms with Crippen LogP contribution in [-0.4, -0.2) is 50.8 Å². The van der Waals surface area contributed by atoms with Crippen molar-refractivity contribution < 1.29 is 4.74 Å². The van der Waals surface area contributed by atoms with Gasteiger partial charge >= 0.3 is 0 Å². The molecule has 1 fully saturated rings. The Kier molecular flexibility index (Phi) is 6.28. The third-order valence-electron chi connectivity index (χ3n) is 3.64. The number of ether oxygens (including phenoxy) is 1. The molecular formula is C16H34N2O. The van der Waals surface area contributed by atoms with Gasteiger partial charge in [-0.15, -0.1) is 0 Å². The first-order chi connectivity index (χ1) is 8.72. The fourth-order valence-electron chi connectivity index (χ4n) is 3.09. The number of hydrogen-bond acceptors (Lipinski definition) is 3. The van der Waals surface area contributed by atoms with Gasteiger partial charge in [0.25, 0.3) is 0 Å². The molecule has 3 heteroatoms. The Bertz CT molecular complexity index is 252. The first-order valence-electron chi connectivity index (χ1n) is 7.72. The van der Waals surface area contributed by atoms with Crippen molar-refractivity contribution in [3.05, 3.63) is 0 Å². The van der Waals surface area contributed by atoms with Crippen molar-refractivity contribution in [1.82, 2.24) is 10.2 Å². The lowest BCUT2D eigenvalue weighted by Gasteiger charge is -2.41. The van der Waals surface area contributed by atoms with E-state index in [1.165, 1.54) is 12.8 Å². The molecular weight excluding hydrogens is 236 g/mol. The monoisotopic (exact) mass is 270 g/mol. The fourth-order valence-corrected chi connectivity index (χ4v) is 3.09. The predicted octanol–water partition coefficient (Wildman–Crippen LogP) is 2.76. The van der Waals surface area contributed by atoms with E-state index in [0.29, 0.717) is 16.9 Å².